The number of hydrogen-bond donors (Lipinski definition) is 1. The quantitative estimate of drug-likeness (QED) is 0.829. The van der Waals surface area contributed by atoms with Crippen LogP contribution in [-0.4, -0.2) is 17.0 Å². The molecule has 106 valence electrons. The summed E-state index contributed by atoms with van der Waals surface area (Å²) in [4.78, 5) is 7.81. The van der Waals surface area contributed by atoms with Crippen molar-refractivity contribution in [3.05, 3.63) is 40.2 Å². The first-order valence-electron chi connectivity index (χ1n) is 5.40. The summed E-state index contributed by atoms with van der Waals surface area (Å²) >= 11 is 3.16. The van der Waals surface area contributed by atoms with Crippen molar-refractivity contribution in [2.75, 3.05) is 12.4 Å². The van der Waals surface area contributed by atoms with E-state index in [1.165, 1.54) is 6.20 Å². The van der Waals surface area contributed by atoms with Gasteiger partial charge in [-0.2, -0.15) is 13.2 Å². The smallest absolute Gasteiger partial charge is 0.372 e. The Bertz CT molecular complexity index is 643. The third-order valence-electron chi connectivity index (χ3n) is 2.51. The highest BCUT2D eigenvalue weighted by Gasteiger charge is 2.35. The zero-order chi connectivity index (χ0) is 14.9. The Balaban J connectivity index is 2.64. The van der Waals surface area contributed by atoms with Gasteiger partial charge in [0.25, 0.3) is 0 Å². The predicted molar refractivity (Wildman–Crippen MR) is 69.7 cm³/mol. The first-order valence-corrected chi connectivity index (χ1v) is 6.19. The first kappa shape index (κ1) is 14.7. The average molecular weight is 350 g/mol. The van der Waals surface area contributed by atoms with Crippen molar-refractivity contribution in [3.8, 4) is 11.4 Å². The predicted octanol–water partition coefficient (Wildman–Crippen LogP) is 4.11. The fraction of sp³-hybridized carbons (Fsp3) is 0.167. The topological polar surface area (TPSA) is 37.8 Å². The summed E-state index contributed by atoms with van der Waals surface area (Å²) in [7, 11) is 1.58. The van der Waals surface area contributed by atoms with Gasteiger partial charge in [0.15, 0.2) is 5.82 Å². The van der Waals surface area contributed by atoms with Gasteiger partial charge in [-0.1, -0.05) is 0 Å². The molecule has 8 heteroatoms. The molecule has 0 fully saturated rings. The molecule has 0 amide bonds. The minimum atomic E-state index is -4.69. The molecule has 1 aromatic carbocycles. The fourth-order valence-corrected chi connectivity index (χ4v) is 2.01. The molecule has 2 aromatic rings. The van der Waals surface area contributed by atoms with E-state index < -0.39 is 17.6 Å². The molecule has 0 bridgehead atoms. The van der Waals surface area contributed by atoms with E-state index in [4.69, 9.17) is 0 Å². The fourth-order valence-electron chi connectivity index (χ4n) is 1.62. The molecule has 0 radical (unpaired) electrons. The average Bonchev–Trinajstić information content (AvgIpc) is 2.38. The molecule has 0 aliphatic rings. The number of halogens is 5. The molecule has 1 heterocycles. The first-order chi connectivity index (χ1) is 9.32. The van der Waals surface area contributed by atoms with Crippen LogP contribution in [0.15, 0.2) is 28.9 Å². The summed E-state index contributed by atoms with van der Waals surface area (Å²) in [6, 6.07) is 2.38. The van der Waals surface area contributed by atoms with E-state index in [1.807, 2.05) is 0 Å². The van der Waals surface area contributed by atoms with Crippen molar-refractivity contribution >= 4 is 21.7 Å². The van der Waals surface area contributed by atoms with Gasteiger partial charge in [0.2, 0.25) is 0 Å². The lowest BCUT2D eigenvalue weighted by molar-refractivity contribution is -0.137. The van der Waals surface area contributed by atoms with Crippen LogP contribution in [0.1, 0.15) is 5.56 Å². The van der Waals surface area contributed by atoms with E-state index in [9.17, 15) is 17.6 Å². The highest BCUT2D eigenvalue weighted by molar-refractivity contribution is 9.10. The lowest BCUT2D eigenvalue weighted by Crippen LogP contribution is -2.09. The Labute approximate surface area is 120 Å². The lowest BCUT2D eigenvalue weighted by Gasteiger charge is -2.13. The van der Waals surface area contributed by atoms with E-state index in [0.717, 1.165) is 12.1 Å². The van der Waals surface area contributed by atoms with Crippen LogP contribution in [0.4, 0.5) is 23.4 Å². The van der Waals surface area contributed by atoms with Crippen LogP contribution in [0.2, 0.25) is 0 Å². The van der Waals surface area contributed by atoms with E-state index >= 15 is 0 Å². The second-order valence-corrected chi connectivity index (χ2v) is 4.68. The molecule has 1 N–H and O–H groups in total. The molecule has 2 rings (SSSR count). The summed E-state index contributed by atoms with van der Waals surface area (Å²) in [5.74, 6) is -0.760. The van der Waals surface area contributed by atoms with Gasteiger partial charge in [-0.25, -0.2) is 14.4 Å². The second-order valence-electron chi connectivity index (χ2n) is 3.83. The maximum Gasteiger partial charge on any atom is 0.417 e. The van der Waals surface area contributed by atoms with Crippen LogP contribution in [-0.2, 0) is 6.18 Å². The molecule has 0 saturated heterocycles. The van der Waals surface area contributed by atoms with Crippen LogP contribution in [0, 0.1) is 5.82 Å². The molecule has 3 nitrogen and oxygen atoms in total. The van der Waals surface area contributed by atoms with Crippen LogP contribution < -0.4 is 5.32 Å². The van der Waals surface area contributed by atoms with E-state index in [1.54, 1.807) is 7.05 Å². The zero-order valence-corrected chi connectivity index (χ0v) is 11.7. The molecule has 0 aliphatic heterocycles. The number of aromatic nitrogens is 2. The lowest BCUT2D eigenvalue weighted by atomic mass is 10.1. The third-order valence-corrected chi connectivity index (χ3v) is 3.09. The van der Waals surface area contributed by atoms with Crippen molar-refractivity contribution in [1.82, 2.24) is 9.97 Å². The molecule has 20 heavy (non-hydrogen) atoms. The number of hydrogen-bond acceptors (Lipinski definition) is 3. The second kappa shape index (κ2) is 5.35. The van der Waals surface area contributed by atoms with Crippen molar-refractivity contribution in [3.63, 3.8) is 0 Å². The van der Waals surface area contributed by atoms with Gasteiger partial charge in [0, 0.05) is 18.8 Å². The SMILES string of the molecule is CNc1nc(-c2ccc(F)cc2C(F)(F)F)ncc1Br. The molecule has 0 unspecified atom stereocenters. The number of nitrogens with one attached hydrogen (secondary N) is 1. The summed E-state index contributed by atoms with van der Waals surface area (Å²) in [6.45, 7) is 0. The highest BCUT2D eigenvalue weighted by Crippen LogP contribution is 2.37. The standard InChI is InChI=1S/C12H8BrF4N3/c1-18-11-9(13)5-19-10(20-11)7-3-2-6(14)4-8(7)12(15,16)17/h2-5H,1H3,(H,18,19,20). The molecule has 0 saturated carbocycles. The maximum atomic E-state index is 13.0. The van der Waals surface area contributed by atoms with Gasteiger partial charge in [0.05, 0.1) is 10.0 Å². The van der Waals surface area contributed by atoms with Gasteiger partial charge in [-0.3, -0.25) is 0 Å². The molecular formula is C12H8BrF4N3. The molecule has 0 spiro atoms. The summed E-state index contributed by atoms with van der Waals surface area (Å²) < 4.78 is 52.3. The number of nitrogens with zero attached hydrogens (tertiary/aromatic N) is 2. The summed E-state index contributed by atoms with van der Waals surface area (Å²) in [5, 5.41) is 2.72. The summed E-state index contributed by atoms with van der Waals surface area (Å²) in [6.07, 6.45) is -3.36. The Morgan fingerprint density at radius 2 is 1.95 bits per heavy atom. The third kappa shape index (κ3) is 2.90. The largest absolute Gasteiger partial charge is 0.417 e. The maximum absolute atomic E-state index is 13.0. The van der Waals surface area contributed by atoms with E-state index in [-0.39, 0.29) is 11.4 Å². The number of benzene rings is 1. The molecule has 0 atom stereocenters. The van der Waals surface area contributed by atoms with Crippen molar-refractivity contribution in [1.29, 1.82) is 0 Å². The van der Waals surface area contributed by atoms with Crippen LogP contribution in [0.5, 0.6) is 0 Å². The van der Waals surface area contributed by atoms with Crippen molar-refractivity contribution < 1.29 is 17.6 Å². The number of anilines is 1. The zero-order valence-electron chi connectivity index (χ0n) is 10.1. The highest BCUT2D eigenvalue weighted by atomic mass is 79.9. The monoisotopic (exact) mass is 349 g/mol. The number of rotatable bonds is 2. The van der Waals surface area contributed by atoms with Crippen LogP contribution >= 0.6 is 15.9 Å². The van der Waals surface area contributed by atoms with E-state index in [2.05, 4.69) is 31.2 Å². The minimum Gasteiger partial charge on any atom is -0.372 e. The molecule has 1 aromatic heterocycles. The Hall–Kier alpha value is -1.70. The van der Waals surface area contributed by atoms with Crippen LogP contribution in [0.25, 0.3) is 11.4 Å². The minimum absolute atomic E-state index is 0.134. The van der Waals surface area contributed by atoms with Gasteiger partial charge in [-0.05, 0) is 34.1 Å². The molecular weight excluding hydrogens is 342 g/mol. The van der Waals surface area contributed by atoms with Gasteiger partial charge in [-0.15, -0.1) is 0 Å². The Kier molecular flexibility index (Phi) is 3.94. The van der Waals surface area contributed by atoms with Gasteiger partial charge < -0.3 is 5.32 Å². The van der Waals surface area contributed by atoms with Gasteiger partial charge in [0.1, 0.15) is 11.6 Å². The molecule has 0 aliphatic carbocycles. The van der Waals surface area contributed by atoms with Gasteiger partial charge >= 0.3 is 6.18 Å². The number of alkyl halides is 3. The van der Waals surface area contributed by atoms with Crippen molar-refractivity contribution in [2.45, 2.75) is 6.18 Å². The van der Waals surface area contributed by atoms with Crippen molar-refractivity contribution in [2.24, 2.45) is 0 Å². The normalized spacial score (nSPS) is 11.5. The Morgan fingerprint density at radius 3 is 2.55 bits per heavy atom. The Morgan fingerprint density at radius 1 is 1.25 bits per heavy atom. The summed E-state index contributed by atoms with van der Waals surface area (Å²) in [5.41, 5.74) is -1.38. The van der Waals surface area contributed by atoms with Crippen LogP contribution in [0.3, 0.4) is 0 Å². The van der Waals surface area contributed by atoms with E-state index in [0.29, 0.717) is 16.4 Å².